The molecule has 2 N–H and O–H groups in total. The van der Waals surface area contributed by atoms with Gasteiger partial charge in [0.15, 0.2) is 5.82 Å². The minimum Gasteiger partial charge on any atom is -0.343 e. The van der Waals surface area contributed by atoms with Gasteiger partial charge in [0, 0.05) is 12.4 Å². The molecule has 0 radical (unpaired) electrons. The Morgan fingerprint density at radius 1 is 1.19 bits per heavy atom. The van der Waals surface area contributed by atoms with Crippen LogP contribution in [-0.4, -0.2) is 64.4 Å². The predicted octanol–water partition coefficient (Wildman–Crippen LogP) is 2.53. The molecule has 0 spiro atoms. The molecular formula is C24H35N7O3S2. The Bertz CT molecular complexity index is 1180. The predicted molar refractivity (Wildman–Crippen MR) is 141 cm³/mol. The SMILES string of the molecule is CCN(CC)CCCS(=O)(=O)N[C@H](CCc1ccccc1)c1nc(CNC(=O)c2cscn2)n(C)n1. The molecule has 3 rings (SSSR count). The molecule has 2 heterocycles. The van der Waals surface area contributed by atoms with Gasteiger partial charge < -0.3 is 10.2 Å². The first-order valence-electron chi connectivity index (χ1n) is 12.1. The van der Waals surface area contributed by atoms with Crippen LogP contribution in [0.2, 0.25) is 0 Å². The van der Waals surface area contributed by atoms with Gasteiger partial charge in [-0.15, -0.1) is 11.3 Å². The number of hydrogen-bond acceptors (Lipinski definition) is 8. The first-order valence-corrected chi connectivity index (χ1v) is 14.7. The third-order valence-corrected chi connectivity index (χ3v) is 7.98. The van der Waals surface area contributed by atoms with Crippen molar-refractivity contribution in [2.24, 2.45) is 7.05 Å². The normalized spacial score (nSPS) is 12.7. The van der Waals surface area contributed by atoms with Gasteiger partial charge in [-0.25, -0.2) is 23.1 Å². The van der Waals surface area contributed by atoms with Crippen molar-refractivity contribution in [2.75, 3.05) is 25.4 Å². The number of nitrogens with one attached hydrogen (secondary N) is 2. The summed E-state index contributed by atoms with van der Waals surface area (Å²) in [6.45, 7) is 6.81. The van der Waals surface area contributed by atoms with Crippen molar-refractivity contribution >= 4 is 27.3 Å². The lowest BCUT2D eigenvalue weighted by atomic mass is 10.1. The Balaban J connectivity index is 1.70. The van der Waals surface area contributed by atoms with Crippen molar-refractivity contribution in [3.8, 4) is 0 Å². The molecule has 0 saturated heterocycles. The molecular weight excluding hydrogens is 498 g/mol. The highest BCUT2D eigenvalue weighted by Gasteiger charge is 2.24. The van der Waals surface area contributed by atoms with Crippen LogP contribution in [-0.2, 0) is 30.0 Å². The minimum absolute atomic E-state index is 0.0364. The fourth-order valence-electron chi connectivity index (χ4n) is 3.80. The summed E-state index contributed by atoms with van der Waals surface area (Å²) in [5.41, 5.74) is 3.05. The average Bonchev–Trinajstić information content (AvgIpc) is 3.54. The molecule has 0 aliphatic carbocycles. The molecule has 10 nitrogen and oxygen atoms in total. The summed E-state index contributed by atoms with van der Waals surface area (Å²) in [5.74, 6) is 0.655. The van der Waals surface area contributed by atoms with Crippen molar-refractivity contribution in [2.45, 2.75) is 45.7 Å². The van der Waals surface area contributed by atoms with Gasteiger partial charge in [0.05, 0.1) is 23.8 Å². The number of carbonyl (C=O) groups excluding carboxylic acids is 1. The number of rotatable bonds is 15. The molecule has 12 heteroatoms. The summed E-state index contributed by atoms with van der Waals surface area (Å²) in [4.78, 5) is 23.0. The van der Waals surface area contributed by atoms with E-state index in [0.717, 1.165) is 25.2 Å². The van der Waals surface area contributed by atoms with Crippen molar-refractivity contribution in [3.05, 3.63) is 64.1 Å². The van der Waals surface area contributed by atoms with Gasteiger partial charge in [0.1, 0.15) is 11.5 Å². The van der Waals surface area contributed by atoms with Gasteiger partial charge in [-0.05, 0) is 44.5 Å². The molecule has 0 aliphatic heterocycles. The number of thiazole rings is 1. The topological polar surface area (TPSA) is 122 Å². The van der Waals surface area contributed by atoms with E-state index in [9.17, 15) is 13.2 Å². The fraction of sp³-hybridized carbons (Fsp3) is 0.500. The molecule has 1 amide bonds. The molecule has 196 valence electrons. The third kappa shape index (κ3) is 8.47. The highest BCUT2D eigenvalue weighted by molar-refractivity contribution is 7.89. The van der Waals surface area contributed by atoms with Gasteiger partial charge in [0.2, 0.25) is 10.0 Å². The smallest absolute Gasteiger partial charge is 0.271 e. The van der Waals surface area contributed by atoms with Crippen molar-refractivity contribution < 1.29 is 13.2 Å². The van der Waals surface area contributed by atoms with Gasteiger partial charge in [-0.1, -0.05) is 44.2 Å². The molecule has 1 aromatic carbocycles. The zero-order valence-corrected chi connectivity index (χ0v) is 22.7. The fourth-order valence-corrected chi connectivity index (χ4v) is 5.62. The second-order valence-corrected chi connectivity index (χ2v) is 11.1. The van der Waals surface area contributed by atoms with Gasteiger partial charge in [0.25, 0.3) is 5.91 Å². The monoisotopic (exact) mass is 533 g/mol. The van der Waals surface area contributed by atoms with Gasteiger partial charge >= 0.3 is 0 Å². The Morgan fingerprint density at radius 3 is 2.61 bits per heavy atom. The Labute approximate surface area is 217 Å². The second kappa shape index (κ2) is 13.6. The number of amides is 1. The van der Waals surface area contributed by atoms with Crippen LogP contribution in [0, 0.1) is 0 Å². The zero-order valence-electron chi connectivity index (χ0n) is 21.1. The number of carbonyl (C=O) groups is 1. The standard InChI is InChI=1S/C24H35N7O3S2/c1-4-31(5-2)14-9-15-36(33,34)29-20(13-12-19-10-7-6-8-11-19)23-27-22(30(3)28-23)16-25-24(32)21-17-35-18-26-21/h6-8,10-11,17-18,20,29H,4-5,9,12-16H2,1-3H3,(H,25,32)/t20-/m1/s1. The first kappa shape index (κ1) is 27.9. The first-order chi connectivity index (χ1) is 17.3. The molecule has 0 saturated carbocycles. The van der Waals surface area contributed by atoms with Crippen molar-refractivity contribution in [3.63, 3.8) is 0 Å². The number of nitrogens with zero attached hydrogens (tertiary/aromatic N) is 5. The van der Waals surface area contributed by atoms with Crippen LogP contribution in [0.3, 0.4) is 0 Å². The van der Waals surface area contributed by atoms with E-state index in [2.05, 4.69) is 43.9 Å². The molecule has 36 heavy (non-hydrogen) atoms. The molecule has 0 fully saturated rings. The molecule has 0 bridgehead atoms. The van der Waals surface area contributed by atoms with Crippen molar-refractivity contribution in [1.29, 1.82) is 0 Å². The van der Waals surface area contributed by atoms with Crippen LogP contribution in [0.15, 0.2) is 41.2 Å². The Hall–Kier alpha value is -2.67. The van der Waals surface area contributed by atoms with E-state index >= 15 is 0 Å². The number of sulfonamides is 1. The largest absolute Gasteiger partial charge is 0.343 e. The van der Waals surface area contributed by atoms with Crippen LogP contribution < -0.4 is 10.0 Å². The summed E-state index contributed by atoms with van der Waals surface area (Å²) in [6, 6.07) is 9.32. The molecule has 1 atom stereocenters. The second-order valence-electron chi connectivity index (χ2n) is 8.46. The lowest BCUT2D eigenvalue weighted by Crippen LogP contribution is -2.33. The summed E-state index contributed by atoms with van der Waals surface area (Å²) >= 11 is 1.35. The van der Waals surface area contributed by atoms with Crippen molar-refractivity contribution in [1.82, 2.24) is 34.7 Å². The van der Waals surface area contributed by atoms with Crippen LogP contribution in [0.25, 0.3) is 0 Å². The van der Waals surface area contributed by atoms with E-state index in [1.54, 1.807) is 22.6 Å². The summed E-state index contributed by atoms with van der Waals surface area (Å²) < 4.78 is 30.3. The highest BCUT2D eigenvalue weighted by Crippen LogP contribution is 2.19. The van der Waals surface area contributed by atoms with E-state index in [1.807, 2.05) is 30.3 Å². The lowest BCUT2D eigenvalue weighted by Gasteiger charge is -2.19. The van der Waals surface area contributed by atoms with Crippen LogP contribution in [0.4, 0.5) is 0 Å². The molecule has 0 aliphatic rings. The van der Waals surface area contributed by atoms with E-state index < -0.39 is 16.1 Å². The summed E-state index contributed by atoms with van der Waals surface area (Å²) in [7, 11) is -1.82. The number of hydrogen-bond donors (Lipinski definition) is 2. The Morgan fingerprint density at radius 2 is 1.94 bits per heavy atom. The van der Waals surface area contributed by atoms with E-state index in [-0.39, 0.29) is 18.2 Å². The maximum atomic E-state index is 13.0. The zero-order chi connectivity index (χ0) is 26.0. The number of aryl methyl sites for hydroxylation is 2. The molecule has 0 unspecified atom stereocenters. The number of aromatic nitrogens is 4. The number of benzene rings is 1. The quantitative estimate of drug-likeness (QED) is 0.308. The van der Waals surface area contributed by atoms with E-state index in [0.29, 0.717) is 36.6 Å². The minimum atomic E-state index is -3.55. The maximum absolute atomic E-state index is 13.0. The van der Waals surface area contributed by atoms with Gasteiger partial charge in [-0.2, -0.15) is 5.10 Å². The molecule has 3 aromatic rings. The summed E-state index contributed by atoms with van der Waals surface area (Å²) in [5, 5.41) is 8.95. The maximum Gasteiger partial charge on any atom is 0.271 e. The van der Waals surface area contributed by atoms with E-state index in [1.165, 1.54) is 11.3 Å². The Kier molecular flexibility index (Phi) is 10.5. The molecule has 2 aromatic heterocycles. The summed E-state index contributed by atoms with van der Waals surface area (Å²) in [6.07, 6.45) is 1.72. The third-order valence-electron chi connectivity index (χ3n) is 5.92. The highest BCUT2D eigenvalue weighted by atomic mass is 32.2. The van der Waals surface area contributed by atoms with E-state index in [4.69, 9.17) is 0 Å². The van der Waals surface area contributed by atoms with Gasteiger partial charge in [-0.3, -0.25) is 9.48 Å². The lowest BCUT2D eigenvalue weighted by molar-refractivity contribution is 0.0945. The van der Waals surface area contributed by atoms with Crippen LogP contribution in [0.5, 0.6) is 0 Å². The van der Waals surface area contributed by atoms with Crippen LogP contribution in [0.1, 0.15) is 60.4 Å². The average molecular weight is 534 g/mol. The van der Waals surface area contributed by atoms with Crippen LogP contribution >= 0.6 is 11.3 Å².